The summed E-state index contributed by atoms with van der Waals surface area (Å²) in [5, 5.41) is 9.45. The van der Waals surface area contributed by atoms with Gasteiger partial charge in [-0.05, 0) is 37.0 Å². The summed E-state index contributed by atoms with van der Waals surface area (Å²) in [5.41, 5.74) is 0.118. The van der Waals surface area contributed by atoms with E-state index < -0.39 is 0 Å². The van der Waals surface area contributed by atoms with Crippen LogP contribution in [0.15, 0.2) is 0 Å². The zero-order valence-electron chi connectivity index (χ0n) is 10.3. The van der Waals surface area contributed by atoms with Crippen molar-refractivity contribution >= 4 is 5.78 Å². The van der Waals surface area contributed by atoms with Crippen LogP contribution in [0.25, 0.3) is 0 Å². The van der Waals surface area contributed by atoms with Gasteiger partial charge in [0.1, 0.15) is 5.78 Å². The third-order valence-electron chi connectivity index (χ3n) is 3.85. The van der Waals surface area contributed by atoms with E-state index in [2.05, 4.69) is 13.8 Å². The van der Waals surface area contributed by atoms with Gasteiger partial charge in [-0.1, -0.05) is 20.8 Å². The van der Waals surface area contributed by atoms with Gasteiger partial charge in [0.05, 0.1) is 6.10 Å². The van der Waals surface area contributed by atoms with E-state index in [-0.39, 0.29) is 11.5 Å². The third kappa shape index (κ3) is 3.60. The first-order valence-corrected chi connectivity index (χ1v) is 6.15. The summed E-state index contributed by atoms with van der Waals surface area (Å²) in [6, 6.07) is 0. The van der Waals surface area contributed by atoms with Crippen LogP contribution in [0.5, 0.6) is 0 Å². The molecule has 0 spiro atoms. The first kappa shape index (κ1) is 12.7. The van der Waals surface area contributed by atoms with Crippen molar-refractivity contribution in [3.63, 3.8) is 0 Å². The second-order valence-electron chi connectivity index (χ2n) is 5.56. The standard InChI is InChI=1S/C13H24O2/c1-4-11(14)9-13(2,3)10-5-7-12(15)8-6-10/h10,12,15H,4-9H2,1-3H3. The molecule has 1 N–H and O–H groups in total. The van der Waals surface area contributed by atoms with Crippen molar-refractivity contribution in [3.8, 4) is 0 Å². The highest BCUT2D eigenvalue weighted by molar-refractivity contribution is 5.78. The molecule has 0 unspecified atom stereocenters. The number of Topliss-reactive ketones (excluding diaryl/α,β-unsaturated/α-hetero) is 1. The minimum atomic E-state index is -0.0982. The average Bonchev–Trinajstić information content (AvgIpc) is 2.17. The van der Waals surface area contributed by atoms with Gasteiger partial charge in [-0.3, -0.25) is 4.79 Å². The summed E-state index contributed by atoms with van der Waals surface area (Å²) < 4.78 is 0. The van der Waals surface area contributed by atoms with Gasteiger partial charge < -0.3 is 5.11 Å². The van der Waals surface area contributed by atoms with E-state index in [9.17, 15) is 9.90 Å². The van der Waals surface area contributed by atoms with Gasteiger partial charge in [-0.2, -0.15) is 0 Å². The van der Waals surface area contributed by atoms with E-state index in [1.165, 1.54) is 0 Å². The lowest BCUT2D eigenvalue weighted by atomic mass is 9.68. The quantitative estimate of drug-likeness (QED) is 0.778. The number of rotatable bonds is 4. The highest BCUT2D eigenvalue weighted by Gasteiger charge is 2.33. The molecule has 0 amide bonds. The molecule has 0 atom stereocenters. The summed E-state index contributed by atoms with van der Waals surface area (Å²) in [6.07, 6.45) is 5.22. The predicted octanol–water partition coefficient (Wildman–Crippen LogP) is 2.93. The lowest BCUT2D eigenvalue weighted by molar-refractivity contribution is -0.121. The second kappa shape index (κ2) is 5.11. The molecule has 0 aliphatic heterocycles. The number of aliphatic hydroxyl groups excluding tert-OH is 1. The maximum atomic E-state index is 11.5. The van der Waals surface area contributed by atoms with Crippen LogP contribution < -0.4 is 0 Å². The summed E-state index contributed by atoms with van der Waals surface area (Å²) in [7, 11) is 0. The van der Waals surface area contributed by atoms with E-state index in [1.807, 2.05) is 6.92 Å². The van der Waals surface area contributed by atoms with Gasteiger partial charge in [0.15, 0.2) is 0 Å². The van der Waals surface area contributed by atoms with Crippen LogP contribution >= 0.6 is 0 Å². The fraction of sp³-hybridized carbons (Fsp3) is 0.923. The van der Waals surface area contributed by atoms with Gasteiger partial charge in [0.2, 0.25) is 0 Å². The van der Waals surface area contributed by atoms with Crippen LogP contribution in [-0.2, 0) is 4.79 Å². The van der Waals surface area contributed by atoms with Crippen LogP contribution in [0.3, 0.4) is 0 Å². The number of carbonyl (C=O) groups excluding carboxylic acids is 1. The molecule has 1 aliphatic carbocycles. The van der Waals surface area contributed by atoms with Gasteiger partial charge >= 0.3 is 0 Å². The molecule has 2 nitrogen and oxygen atoms in total. The Morgan fingerprint density at radius 2 is 1.80 bits per heavy atom. The smallest absolute Gasteiger partial charge is 0.133 e. The zero-order chi connectivity index (χ0) is 11.5. The van der Waals surface area contributed by atoms with Crippen molar-refractivity contribution in [2.75, 3.05) is 0 Å². The maximum absolute atomic E-state index is 11.5. The van der Waals surface area contributed by atoms with Crippen LogP contribution in [0.4, 0.5) is 0 Å². The molecule has 0 aromatic rings. The monoisotopic (exact) mass is 212 g/mol. The Morgan fingerprint density at radius 3 is 2.27 bits per heavy atom. The molecule has 0 bridgehead atoms. The first-order valence-electron chi connectivity index (χ1n) is 6.15. The molecule has 0 aromatic heterocycles. The normalized spacial score (nSPS) is 27.7. The van der Waals surface area contributed by atoms with Gasteiger partial charge in [-0.25, -0.2) is 0 Å². The second-order valence-corrected chi connectivity index (χ2v) is 5.56. The van der Waals surface area contributed by atoms with Gasteiger partial charge in [0.25, 0.3) is 0 Å². The Hall–Kier alpha value is -0.370. The van der Waals surface area contributed by atoms with Crippen LogP contribution in [0.2, 0.25) is 0 Å². The zero-order valence-corrected chi connectivity index (χ0v) is 10.3. The molecule has 0 radical (unpaired) electrons. The molecule has 0 heterocycles. The molecule has 2 heteroatoms. The van der Waals surface area contributed by atoms with Gasteiger partial charge in [-0.15, -0.1) is 0 Å². The fourth-order valence-corrected chi connectivity index (χ4v) is 2.63. The highest BCUT2D eigenvalue weighted by Crippen LogP contribution is 2.40. The van der Waals surface area contributed by atoms with Crippen LogP contribution in [0, 0.1) is 11.3 Å². The Labute approximate surface area is 93.1 Å². The van der Waals surface area contributed by atoms with Crippen LogP contribution in [-0.4, -0.2) is 17.0 Å². The summed E-state index contributed by atoms with van der Waals surface area (Å²) in [5.74, 6) is 0.975. The fourth-order valence-electron chi connectivity index (χ4n) is 2.63. The number of aliphatic hydroxyl groups is 1. The minimum Gasteiger partial charge on any atom is -0.393 e. The Morgan fingerprint density at radius 1 is 1.27 bits per heavy atom. The SMILES string of the molecule is CCC(=O)CC(C)(C)C1CCC(O)CC1. The molecule has 0 aromatic carbocycles. The summed E-state index contributed by atoms with van der Waals surface area (Å²) in [4.78, 5) is 11.5. The Balaban J connectivity index is 2.49. The molecule has 88 valence electrons. The van der Waals surface area contributed by atoms with Crippen molar-refractivity contribution in [2.24, 2.45) is 11.3 Å². The largest absolute Gasteiger partial charge is 0.393 e. The first-order chi connectivity index (χ1) is 6.95. The van der Waals surface area contributed by atoms with Crippen molar-refractivity contribution in [1.29, 1.82) is 0 Å². The van der Waals surface area contributed by atoms with Crippen molar-refractivity contribution in [3.05, 3.63) is 0 Å². The van der Waals surface area contributed by atoms with Crippen molar-refractivity contribution in [1.82, 2.24) is 0 Å². The molecule has 15 heavy (non-hydrogen) atoms. The number of carbonyl (C=O) groups is 1. The van der Waals surface area contributed by atoms with E-state index >= 15 is 0 Å². The molecular formula is C13H24O2. The number of ketones is 1. The van der Waals surface area contributed by atoms with Crippen molar-refractivity contribution in [2.45, 2.75) is 65.4 Å². The lowest BCUT2D eigenvalue weighted by Gasteiger charge is -2.38. The number of hydrogen-bond acceptors (Lipinski definition) is 2. The molecule has 1 saturated carbocycles. The van der Waals surface area contributed by atoms with E-state index in [0.29, 0.717) is 24.5 Å². The highest BCUT2D eigenvalue weighted by atomic mass is 16.3. The third-order valence-corrected chi connectivity index (χ3v) is 3.85. The predicted molar refractivity (Wildman–Crippen MR) is 61.7 cm³/mol. The topological polar surface area (TPSA) is 37.3 Å². The molecule has 1 aliphatic rings. The minimum absolute atomic E-state index is 0.0982. The van der Waals surface area contributed by atoms with E-state index in [4.69, 9.17) is 0 Å². The average molecular weight is 212 g/mol. The molecular weight excluding hydrogens is 188 g/mol. The maximum Gasteiger partial charge on any atom is 0.133 e. The summed E-state index contributed by atoms with van der Waals surface area (Å²) >= 11 is 0. The van der Waals surface area contributed by atoms with Crippen LogP contribution in [0.1, 0.15) is 59.3 Å². The number of hydrogen-bond donors (Lipinski definition) is 1. The molecule has 1 fully saturated rings. The molecule has 0 saturated heterocycles. The molecule has 1 rings (SSSR count). The van der Waals surface area contributed by atoms with Crippen molar-refractivity contribution < 1.29 is 9.90 Å². The Kier molecular flexibility index (Phi) is 4.32. The van der Waals surface area contributed by atoms with E-state index in [1.54, 1.807) is 0 Å². The van der Waals surface area contributed by atoms with Gasteiger partial charge in [0, 0.05) is 12.8 Å². The summed E-state index contributed by atoms with van der Waals surface area (Å²) in [6.45, 7) is 6.33. The van der Waals surface area contributed by atoms with E-state index in [0.717, 1.165) is 25.7 Å². The Bertz CT molecular complexity index is 213. The lowest BCUT2D eigenvalue weighted by Crippen LogP contribution is -2.31.